The van der Waals surface area contributed by atoms with E-state index in [9.17, 15) is 9.90 Å². The SMILES string of the molecule is CCCCCCCC/C=C/CCCCCCCC(=O)NCC[N+](C1CCCCC1)(C(C)(C)CC(C)OCCO)C(C)(C)CC(C)OC(C)(C)N. The van der Waals surface area contributed by atoms with E-state index in [2.05, 4.69) is 65.9 Å². The molecule has 0 spiro atoms. The molecule has 7 heteroatoms. The van der Waals surface area contributed by atoms with Gasteiger partial charge in [-0.05, 0) is 113 Å². The van der Waals surface area contributed by atoms with E-state index in [0.29, 0.717) is 25.6 Å². The number of unbranched alkanes of at least 4 members (excludes halogenated alkanes) is 11. The molecular weight excluding hydrogens is 622 g/mol. The molecule has 0 aliphatic heterocycles. The Hall–Kier alpha value is -0.990. The highest BCUT2D eigenvalue weighted by molar-refractivity contribution is 5.75. The molecule has 3 atom stereocenters. The zero-order valence-corrected chi connectivity index (χ0v) is 34.8. The molecule has 0 aromatic rings. The van der Waals surface area contributed by atoms with E-state index in [-0.39, 0.29) is 35.8 Å². The average molecular weight is 709 g/mol. The number of quaternary nitrogens is 1. The van der Waals surface area contributed by atoms with E-state index in [1.54, 1.807) is 0 Å². The molecule has 1 aliphatic rings. The van der Waals surface area contributed by atoms with Crippen LogP contribution in [-0.4, -0.2) is 76.9 Å². The molecule has 50 heavy (non-hydrogen) atoms. The number of hydrogen-bond acceptors (Lipinski definition) is 5. The zero-order chi connectivity index (χ0) is 37.5. The Balaban J connectivity index is 2.82. The molecule has 1 rings (SSSR count). The number of nitrogens with zero attached hydrogens (tertiary/aromatic N) is 1. The molecule has 0 saturated heterocycles. The summed E-state index contributed by atoms with van der Waals surface area (Å²) in [6.07, 6.45) is 29.7. The fourth-order valence-corrected chi connectivity index (χ4v) is 9.54. The summed E-state index contributed by atoms with van der Waals surface area (Å²) in [6, 6.07) is 0.485. The summed E-state index contributed by atoms with van der Waals surface area (Å²) in [6.45, 7) is 22.0. The van der Waals surface area contributed by atoms with Crippen molar-refractivity contribution < 1.29 is 23.9 Å². The Morgan fingerprint density at radius 1 is 0.820 bits per heavy atom. The van der Waals surface area contributed by atoms with Crippen molar-refractivity contribution in [1.29, 1.82) is 0 Å². The first-order valence-electron chi connectivity index (χ1n) is 21.1. The Bertz CT molecular complexity index is 893. The van der Waals surface area contributed by atoms with Crippen molar-refractivity contribution in [3.63, 3.8) is 0 Å². The highest BCUT2D eigenvalue weighted by Crippen LogP contribution is 2.47. The van der Waals surface area contributed by atoms with Crippen LogP contribution in [0.4, 0.5) is 0 Å². The number of nitrogens with two attached hydrogens (primary N) is 1. The van der Waals surface area contributed by atoms with Gasteiger partial charge in [0.2, 0.25) is 5.91 Å². The van der Waals surface area contributed by atoms with Gasteiger partial charge < -0.3 is 30.1 Å². The third-order valence-electron chi connectivity index (χ3n) is 11.4. The summed E-state index contributed by atoms with van der Waals surface area (Å²) < 4.78 is 13.3. The molecule has 4 N–H and O–H groups in total. The second-order valence-corrected chi connectivity index (χ2v) is 17.5. The maximum atomic E-state index is 13.2. The third kappa shape index (κ3) is 18.2. The van der Waals surface area contributed by atoms with Gasteiger partial charge in [0.25, 0.3) is 0 Å². The molecule has 0 aromatic heterocycles. The summed E-state index contributed by atoms with van der Waals surface area (Å²) in [7, 11) is 0. The van der Waals surface area contributed by atoms with Gasteiger partial charge in [-0.3, -0.25) is 4.79 Å². The molecule has 1 saturated carbocycles. The van der Waals surface area contributed by atoms with Crippen LogP contribution in [0.25, 0.3) is 0 Å². The third-order valence-corrected chi connectivity index (χ3v) is 11.4. The van der Waals surface area contributed by atoms with Gasteiger partial charge in [0, 0.05) is 19.3 Å². The maximum Gasteiger partial charge on any atom is 0.220 e. The van der Waals surface area contributed by atoms with Crippen molar-refractivity contribution in [1.82, 2.24) is 5.32 Å². The Morgan fingerprint density at radius 3 is 1.88 bits per heavy atom. The van der Waals surface area contributed by atoms with E-state index in [0.717, 1.165) is 36.7 Å². The minimum atomic E-state index is -0.698. The second-order valence-electron chi connectivity index (χ2n) is 17.5. The molecule has 0 radical (unpaired) electrons. The second kappa shape index (κ2) is 25.1. The van der Waals surface area contributed by atoms with Crippen molar-refractivity contribution in [2.75, 3.05) is 26.3 Å². The van der Waals surface area contributed by atoms with Gasteiger partial charge in [-0.15, -0.1) is 0 Å². The summed E-state index contributed by atoms with van der Waals surface area (Å²) in [4.78, 5) is 13.2. The van der Waals surface area contributed by atoms with Crippen molar-refractivity contribution in [2.24, 2.45) is 5.73 Å². The fourth-order valence-electron chi connectivity index (χ4n) is 9.54. The lowest BCUT2D eigenvalue weighted by atomic mass is 9.76. The molecule has 1 aliphatic carbocycles. The molecule has 0 aromatic carbocycles. The van der Waals surface area contributed by atoms with Gasteiger partial charge in [-0.2, -0.15) is 0 Å². The number of nitrogens with one attached hydrogen (secondary N) is 1. The minimum Gasteiger partial charge on any atom is -0.394 e. The number of ether oxygens (including phenoxy) is 2. The van der Waals surface area contributed by atoms with Crippen molar-refractivity contribution >= 4 is 5.91 Å². The minimum absolute atomic E-state index is 0.0133. The number of aliphatic hydroxyl groups is 1. The highest BCUT2D eigenvalue weighted by atomic mass is 16.5. The van der Waals surface area contributed by atoms with Crippen LogP contribution in [0, 0.1) is 0 Å². The quantitative estimate of drug-likeness (QED) is 0.0299. The van der Waals surface area contributed by atoms with Crippen LogP contribution in [0.15, 0.2) is 12.2 Å². The van der Waals surface area contributed by atoms with Crippen LogP contribution in [-0.2, 0) is 14.3 Å². The first-order valence-corrected chi connectivity index (χ1v) is 21.1. The highest BCUT2D eigenvalue weighted by Gasteiger charge is 2.58. The first-order chi connectivity index (χ1) is 23.6. The molecule has 296 valence electrons. The van der Waals surface area contributed by atoms with E-state index in [1.165, 1.54) is 103 Å². The Morgan fingerprint density at radius 2 is 1.34 bits per heavy atom. The predicted octanol–water partition coefficient (Wildman–Crippen LogP) is 10.1. The van der Waals surface area contributed by atoms with Crippen LogP contribution in [0.5, 0.6) is 0 Å². The lowest BCUT2D eigenvalue weighted by molar-refractivity contribution is -1.03. The summed E-state index contributed by atoms with van der Waals surface area (Å²) in [5.74, 6) is 0.182. The van der Waals surface area contributed by atoms with Crippen LogP contribution in [0.2, 0.25) is 0 Å². The zero-order valence-electron chi connectivity index (χ0n) is 34.8. The number of rotatable bonds is 30. The van der Waals surface area contributed by atoms with Crippen LogP contribution in [0.3, 0.4) is 0 Å². The van der Waals surface area contributed by atoms with Gasteiger partial charge in [0.15, 0.2) is 0 Å². The van der Waals surface area contributed by atoms with Gasteiger partial charge in [0.05, 0.1) is 55.6 Å². The van der Waals surface area contributed by atoms with Gasteiger partial charge in [-0.1, -0.05) is 76.9 Å². The van der Waals surface area contributed by atoms with E-state index < -0.39 is 5.72 Å². The maximum absolute atomic E-state index is 13.2. The number of hydrogen-bond donors (Lipinski definition) is 3. The molecule has 1 fully saturated rings. The van der Waals surface area contributed by atoms with Crippen LogP contribution >= 0.6 is 0 Å². The summed E-state index contributed by atoms with van der Waals surface area (Å²) in [5, 5.41) is 12.8. The number of allylic oxidation sites excluding steroid dienone is 2. The van der Waals surface area contributed by atoms with Crippen molar-refractivity contribution in [3.8, 4) is 0 Å². The van der Waals surface area contributed by atoms with Gasteiger partial charge >= 0.3 is 0 Å². The predicted molar refractivity (Wildman–Crippen MR) is 213 cm³/mol. The van der Waals surface area contributed by atoms with E-state index >= 15 is 0 Å². The molecule has 0 bridgehead atoms. The topological polar surface area (TPSA) is 93.8 Å². The lowest BCUT2D eigenvalue weighted by Gasteiger charge is -2.64. The Kier molecular flexibility index (Phi) is 23.6. The molecule has 0 heterocycles. The number of aliphatic hydroxyl groups excluding tert-OH is 1. The smallest absolute Gasteiger partial charge is 0.220 e. The largest absolute Gasteiger partial charge is 0.394 e. The normalized spacial score (nSPS) is 17.6. The Labute approximate surface area is 310 Å². The van der Waals surface area contributed by atoms with Crippen molar-refractivity contribution in [2.45, 2.75) is 232 Å². The molecular formula is C43H86N3O4+. The molecule has 3 unspecified atom stereocenters. The van der Waals surface area contributed by atoms with E-state index in [1.807, 2.05) is 13.8 Å². The number of carbonyl (C=O) groups is 1. The molecule has 7 nitrogen and oxygen atoms in total. The number of amides is 1. The molecule has 1 amide bonds. The number of carbonyl (C=O) groups excluding carboxylic acids is 1. The standard InChI is InChI=1S/C43H85N3O4/c1-10-11-12-13-14-15-16-17-18-19-20-21-22-23-27-30-40(48)45-31-32-46(39-28-25-24-26-29-39,41(4,5)35-37(2)49-34-33-47)42(6,7)36-38(3)50-43(8,9)44/h17-18,37-39,47H,10-16,19-36,44H2,1-9H3/p+1/b18-17+. The van der Waals surface area contributed by atoms with Gasteiger partial charge in [0.1, 0.15) is 5.72 Å². The average Bonchev–Trinajstić information content (AvgIpc) is 3.02. The van der Waals surface area contributed by atoms with E-state index in [4.69, 9.17) is 15.2 Å². The summed E-state index contributed by atoms with van der Waals surface area (Å²) >= 11 is 0. The van der Waals surface area contributed by atoms with Gasteiger partial charge in [-0.25, -0.2) is 0 Å². The fraction of sp³-hybridized carbons (Fsp3) is 0.930. The van der Waals surface area contributed by atoms with Crippen molar-refractivity contribution in [3.05, 3.63) is 12.2 Å². The van der Waals surface area contributed by atoms with Crippen LogP contribution in [0.1, 0.15) is 197 Å². The monoisotopic (exact) mass is 709 g/mol. The van der Waals surface area contributed by atoms with Crippen LogP contribution < -0.4 is 11.1 Å². The first kappa shape index (κ1) is 47.0. The lowest BCUT2D eigenvalue weighted by Crippen LogP contribution is -2.77. The summed E-state index contributed by atoms with van der Waals surface area (Å²) in [5.41, 5.74) is 5.32.